The summed E-state index contributed by atoms with van der Waals surface area (Å²) in [6.45, 7) is 5.35. The van der Waals surface area contributed by atoms with E-state index in [-0.39, 0.29) is 5.91 Å². The summed E-state index contributed by atoms with van der Waals surface area (Å²) in [7, 11) is 0. The van der Waals surface area contributed by atoms with Gasteiger partial charge in [-0.3, -0.25) is 9.79 Å². The molecule has 0 fully saturated rings. The number of hydrogen-bond donors (Lipinski definition) is 3. The Kier molecular flexibility index (Phi) is 7.85. The Bertz CT molecular complexity index is 685. The van der Waals surface area contributed by atoms with E-state index >= 15 is 0 Å². The van der Waals surface area contributed by atoms with Gasteiger partial charge in [0.05, 0.1) is 17.1 Å². The number of aliphatic imine (C=N–C) groups is 1. The van der Waals surface area contributed by atoms with Crippen molar-refractivity contribution in [3.05, 3.63) is 59.4 Å². The summed E-state index contributed by atoms with van der Waals surface area (Å²) in [4.78, 5) is 16.5. The lowest BCUT2D eigenvalue weighted by atomic mass is 10.2. The number of rotatable bonds is 8. The first-order chi connectivity index (χ1) is 12.2. The third-order valence-corrected chi connectivity index (χ3v) is 3.79. The number of benzene rings is 1. The van der Waals surface area contributed by atoms with E-state index in [0.717, 1.165) is 25.6 Å². The quantitative estimate of drug-likeness (QED) is 0.383. The highest BCUT2D eigenvalue weighted by Crippen LogP contribution is 2.14. The van der Waals surface area contributed by atoms with Gasteiger partial charge in [-0.25, -0.2) is 0 Å². The van der Waals surface area contributed by atoms with Crippen LogP contribution in [0.3, 0.4) is 0 Å². The van der Waals surface area contributed by atoms with Crippen LogP contribution in [0.4, 0.5) is 0 Å². The smallest absolute Gasteiger partial charge is 0.252 e. The zero-order chi connectivity index (χ0) is 17.9. The summed E-state index contributed by atoms with van der Waals surface area (Å²) in [6, 6.07) is 11.0. The highest BCUT2D eigenvalue weighted by molar-refractivity contribution is 6.33. The molecule has 2 rings (SSSR count). The van der Waals surface area contributed by atoms with Crippen LogP contribution in [0.1, 0.15) is 17.3 Å². The maximum absolute atomic E-state index is 12.1. The number of hydrogen-bond acceptors (Lipinski definition) is 2. The van der Waals surface area contributed by atoms with Crippen molar-refractivity contribution in [3.63, 3.8) is 0 Å². The molecule has 0 aliphatic heterocycles. The Hall–Kier alpha value is -2.47. The molecule has 0 atom stereocenters. The molecule has 3 N–H and O–H groups in total. The third-order valence-electron chi connectivity index (χ3n) is 3.46. The Morgan fingerprint density at radius 1 is 1.08 bits per heavy atom. The molecule has 0 spiro atoms. The Balaban J connectivity index is 1.74. The summed E-state index contributed by atoms with van der Waals surface area (Å²) in [5.74, 6) is 0.549. The number of carbonyl (C=O) groups excluding carboxylic acids is 1. The minimum Gasteiger partial charge on any atom is -0.357 e. The number of amides is 1. The van der Waals surface area contributed by atoms with Gasteiger partial charge in [0.2, 0.25) is 0 Å². The largest absolute Gasteiger partial charge is 0.357 e. The van der Waals surface area contributed by atoms with Gasteiger partial charge in [-0.05, 0) is 31.2 Å². The van der Waals surface area contributed by atoms with Crippen LogP contribution < -0.4 is 16.0 Å². The molecule has 0 aliphatic carbocycles. The molecule has 25 heavy (non-hydrogen) atoms. The molecule has 1 heterocycles. The van der Waals surface area contributed by atoms with Gasteiger partial charge in [-0.2, -0.15) is 0 Å². The van der Waals surface area contributed by atoms with Crippen LogP contribution in [0, 0.1) is 0 Å². The van der Waals surface area contributed by atoms with Gasteiger partial charge >= 0.3 is 0 Å². The Morgan fingerprint density at radius 3 is 2.56 bits per heavy atom. The topological polar surface area (TPSA) is 70.4 Å². The van der Waals surface area contributed by atoms with Gasteiger partial charge in [0.15, 0.2) is 5.96 Å². The highest BCUT2D eigenvalue weighted by atomic mass is 35.5. The fraction of sp³-hybridized carbons (Fsp3) is 0.333. The van der Waals surface area contributed by atoms with Crippen LogP contribution >= 0.6 is 11.6 Å². The summed E-state index contributed by atoms with van der Waals surface area (Å²) in [6.07, 6.45) is 4.05. The SMILES string of the molecule is CCNC(=NCCNC(=O)c1ccccc1Cl)NCCn1cccc1. The van der Waals surface area contributed by atoms with Gasteiger partial charge in [-0.1, -0.05) is 23.7 Å². The van der Waals surface area contributed by atoms with Crippen molar-refractivity contribution in [2.45, 2.75) is 13.5 Å². The minimum absolute atomic E-state index is 0.189. The predicted molar refractivity (Wildman–Crippen MR) is 102 cm³/mol. The maximum Gasteiger partial charge on any atom is 0.252 e. The van der Waals surface area contributed by atoms with E-state index in [4.69, 9.17) is 11.6 Å². The zero-order valence-electron chi connectivity index (χ0n) is 14.3. The van der Waals surface area contributed by atoms with E-state index in [2.05, 4.69) is 25.5 Å². The third kappa shape index (κ3) is 6.51. The molecule has 0 radical (unpaired) electrons. The van der Waals surface area contributed by atoms with E-state index < -0.39 is 0 Å². The van der Waals surface area contributed by atoms with Gasteiger partial charge in [0, 0.05) is 38.6 Å². The highest BCUT2D eigenvalue weighted by Gasteiger charge is 2.08. The minimum atomic E-state index is -0.189. The number of carbonyl (C=O) groups is 1. The number of nitrogens with one attached hydrogen (secondary N) is 3. The van der Waals surface area contributed by atoms with Gasteiger partial charge in [0.25, 0.3) is 5.91 Å². The summed E-state index contributed by atoms with van der Waals surface area (Å²) < 4.78 is 2.10. The van der Waals surface area contributed by atoms with E-state index in [9.17, 15) is 4.79 Å². The summed E-state index contributed by atoms with van der Waals surface area (Å²) in [5.41, 5.74) is 0.477. The second kappa shape index (κ2) is 10.4. The lowest BCUT2D eigenvalue weighted by Gasteiger charge is -2.12. The van der Waals surface area contributed by atoms with Crippen LogP contribution in [0.15, 0.2) is 53.8 Å². The predicted octanol–water partition coefficient (Wildman–Crippen LogP) is 2.13. The molecule has 7 heteroatoms. The molecule has 0 unspecified atom stereocenters. The van der Waals surface area contributed by atoms with Crippen molar-refractivity contribution >= 4 is 23.5 Å². The second-order valence-electron chi connectivity index (χ2n) is 5.34. The Morgan fingerprint density at radius 2 is 1.84 bits per heavy atom. The van der Waals surface area contributed by atoms with Crippen molar-refractivity contribution in [3.8, 4) is 0 Å². The van der Waals surface area contributed by atoms with Gasteiger partial charge in [0.1, 0.15) is 0 Å². The maximum atomic E-state index is 12.1. The molecule has 0 bridgehead atoms. The molecule has 6 nitrogen and oxygen atoms in total. The van der Waals surface area contributed by atoms with Crippen LogP contribution in [0.25, 0.3) is 0 Å². The average molecular weight is 362 g/mol. The molecule has 1 aromatic carbocycles. The summed E-state index contributed by atoms with van der Waals surface area (Å²) >= 11 is 6.01. The normalized spacial score (nSPS) is 11.2. The van der Waals surface area contributed by atoms with Gasteiger partial charge in [-0.15, -0.1) is 0 Å². The molecule has 1 amide bonds. The van der Waals surface area contributed by atoms with Crippen molar-refractivity contribution < 1.29 is 4.79 Å². The number of halogens is 1. The van der Waals surface area contributed by atoms with Crippen molar-refractivity contribution in [2.24, 2.45) is 4.99 Å². The monoisotopic (exact) mass is 361 g/mol. The van der Waals surface area contributed by atoms with E-state index in [1.54, 1.807) is 24.3 Å². The lowest BCUT2D eigenvalue weighted by Crippen LogP contribution is -2.39. The molecule has 0 aliphatic rings. The number of aromatic nitrogens is 1. The Labute approximate surface area is 153 Å². The van der Waals surface area contributed by atoms with Gasteiger partial charge < -0.3 is 20.5 Å². The molecule has 1 aromatic heterocycles. The first-order valence-electron chi connectivity index (χ1n) is 8.36. The number of guanidine groups is 1. The molecule has 0 saturated carbocycles. The standard InChI is InChI=1S/C18H24ClN5O/c1-2-20-18(23-11-14-24-12-5-6-13-24)22-10-9-21-17(25)15-7-3-4-8-16(15)19/h3-8,12-13H,2,9-11,14H2,1H3,(H,21,25)(H2,20,22,23). The van der Waals surface area contributed by atoms with Crippen LogP contribution in [-0.4, -0.2) is 42.6 Å². The average Bonchev–Trinajstić information content (AvgIpc) is 3.12. The van der Waals surface area contributed by atoms with Crippen LogP contribution in [0.2, 0.25) is 5.02 Å². The molecule has 0 saturated heterocycles. The fourth-order valence-electron chi connectivity index (χ4n) is 2.24. The molecular weight excluding hydrogens is 338 g/mol. The first-order valence-corrected chi connectivity index (χ1v) is 8.74. The van der Waals surface area contributed by atoms with E-state index in [0.29, 0.717) is 23.7 Å². The van der Waals surface area contributed by atoms with E-state index in [1.807, 2.05) is 31.5 Å². The zero-order valence-corrected chi connectivity index (χ0v) is 15.1. The lowest BCUT2D eigenvalue weighted by molar-refractivity contribution is 0.0955. The second-order valence-corrected chi connectivity index (χ2v) is 5.75. The summed E-state index contributed by atoms with van der Waals surface area (Å²) in [5, 5.41) is 9.73. The molecular formula is C18H24ClN5O. The fourth-order valence-corrected chi connectivity index (χ4v) is 2.46. The molecule has 134 valence electrons. The first kappa shape index (κ1) is 18.9. The van der Waals surface area contributed by atoms with Crippen LogP contribution in [-0.2, 0) is 6.54 Å². The van der Waals surface area contributed by atoms with Crippen molar-refractivity contribution in [2.75, 3.05) is 26.2 Å². The number of nitrogens with zero attached hydrogens (tertiary/aromatic N) is 2. The molecule has 2 aromatic rings. The van der Waals surface area contributed by atoms with Crippen molar-refractivity contribution in [1.82, 2.24) is 20.5 Å². The van der Waals surface area contributed by atoms with E-state index in [1.165, 1.54) is 0 Å². The van der Waals surface area contributed by atoms with Crippen LogP contribution in [0.5, 0.6) is 0 Å². The van der Waals surface area contributed by atoms with Crippen molar-refractivity contribution in [1.29, 1.82) is 0 Å².